The maximum atomic E-state index is 12.5. The molecule has 1 saturated heterocycles. The summed E-state index contributed by atoms with van der Waals surface area (Å²) in [6.07, 6.45) is 3.10. The molecule has 2 N–H and O–H groups in total. The molecule has 1 aliphatic rings. The molecule has 0 aliphatic carbocycles. The minimum absolute atomic E-state index is 0.0531. The average molecular weight is 270 g/mol. The van der Waals surface area contributed by atoms with Crippen molar-refractivity contribution >= 4 is 11.9 Å². The highest BCUT2D eigenvalue weighted by atomic mass is 16.4. The largest absolute Gasteiger partial charge is 0.480 e. The third-order valence-corrected chi connectivity index (χ3v) is 3.53. The number of hydrogen-bond acceptors (Lipinski definition) is 3. The summed E-state index contributed by atoms with van der Waals surface area (Å²) in [5.74, 6) is -0.531. The average Bonchev–Trinajstić information content (AvgIpc) is 2.37. The smallest absolute Gasteiger partial charge is 0.326 e. The quantitative estimate of drug-likeness (QED) is 0.767. The standard InChI is InChI=1S/C14H26N2O3/c1-4-15-11(9-10(2)3)13(17)16-8-6-5-7-12(16)14(18)19/h10-12,15H,4-9H2,1-3H3,(H,18,19)/t11?,12-/m1/s1. The molecular formula is C14H26N2O3. The molecule has 0 saturated carbocycles. The first kappa shape index (κ1) is 16.0. The van der Waals surface area contributed by atoms with E-state index in [4.69, 9.17) is 0 Å². The topological polar surface area (TPSA) is 69.6 Å². The van der Waals surface area contributed by atoms with Crippen LogP contribution in [-0.2, 0) is 9.59 Å². The zero-order chi connectivity index (χ0) is 14.4. The molecule has 0 radical (unpaired) electrons. The Morgan fingerprint density at radius 3 is 2.58 bits per heavy atom. The number of carbonyl (C=O) groups excluding carboxylic acids is 1. The van der Waals surface area contributed by atoms with Crippen LogP contribution in [-0.4, -0.2) is 47.1 Å². The van der Waals surface area contributed by atoms with Crippen LogP contribution in [0.5, 0.6) is 0 Å². The van der Waals surface area contributed by atoms with Gasteiger partial charge in [0.25, 0.3) is 0 Å². The van der Waals surface area contributed by atoms with Gasteiger partial charge in [-0.25, -0.2) is 4.79 Å². The second kappa shape index (κ2) is 7.48. The van der Waals surface area contributed by atoms with Gasteiger partial charge >= 0.3 is 5.97 Å². The normalized spacial score (nSPS) is 21.5. The summed E-state index contributed by atoms with van der Waals surface area (Å²) in [6, 6.07) is -0.903. The van der Waals surface area contributed by atoms with Crippen LogP contribution >= 0.6 is 0 Å². The van der Waals surface area contributed by atoms with Gasteiger partial charge in [-0.15, -0.1) is 0 Å². The Balaban J connectivity index is 2.77. The van der Waals surface area contributed by atoms with Gasteiger partial charge in [0.05, 0.1) is 6.04 Å². The molecule has 110 valence electrons. The van der Waals surface area contributed by atoms with Crippen LogP contribution in [0, 0.1) is 5.92 Å². The molecule has 0 spiro atoms. The number of nitrogens with one attached hydrogen (secondary N) is 1. The molecular weight excluding hydrogens is 244 g/mol. The van der Waals surface area contributed by atoms with Gasteiger partial charge in [-0.2, -0.15) is 0 Å². The van der Waals surface area contributed by atoms with E-state index in [0.717, 1.165) is 19.3 Å². The molecule has 19 heavy (non-hydrogen) atoms. The van der Waals surface area contributed by atoms with Crippen LogP contribution in [0.15, 0.2) is 0 Å². The molecule has 1 heterocycles. The molecule has 5 heteroatoms. The Morgan fingerprint density at radius 1 is 1.37 bits per heavy atom. The van der Waals surface area contributed by atoms with E-state index in [0.29, 0.717) is 25.4 Å². The number of nitrogens with zero attached hydrogens (tertiary/aromatic N) is 1. The zero-order valence-electron chi connectivity index (χ0n) is 12.2. The SMILES string of the molecule is CCNC(CC(C)C)C(=O)N1CCCC[C@@H]1C(=O)O. The number of likely N-dealkylation sites (tertiary alicyclic amines) is 1. The molecule has 0 aromatic rings. The Kier molecular flexibility index (Phi) is 6.28. The second-order valence-electron chi connectivity index (χ2n) is 5.62. The lowest BCUT2D eigenvalue weighted by atomic mass is 9.98. The van der Waals surface area contributed by atoms with Crippen molar-refractivity contribution in [2.45, 2.75) is 58.5 Å². The van der Waals surface area contributed by atoms with Crippen LogP contribution < -0.4 is 5.32 Å². The Bertz CT molecular complexity index is 318. The van der Waals surface area contributed by atoms with E-state index in [9.17, 15) is 14.7 Å². The Morgan fingerprint density at radius 2 is 2.05 bits per heavy atom. The van der Waals surface area contributed by atoms with Gasteiger partial charge in [0, 0.05) is 6.54 Å². The van der Waals surface area contributed by atoms with E-state index in [1.165, 1.54) is 0 Å². The van der Waals surface area contributed by atoms with E-state index in [1.807, 2.05) is 6.92 Å². The highest BCUT2D eigenvalue weighted by Crippen LogP contribution is 2.19. The molecule has 1 aliphatic heterocycles. The number of rotatable bonds is 6. The maximum Gasteiger partial charge on any atom is 0.326 e. The summed E-state index contributed by atoms with van der Waals surface area (Å²) in [6.45, 7) is 7.39. The first-order valence-corrected chi connectivity index (χ1v) is 7.24. The minimum Gasteiger partial charge on any atom is -0.480 e. The number of aliphatic carboxylic acids is 1. The van der Waals surface area contributed by atoms with Gasteiger partial charge in [-0.3, -0.25) is 4.79 Å². The second-order valence-corrected chi connectivity index (χ2v) is 5.62. The molecule has 0 bridgehead atoms. The van der Waals surface area contributed by atoms with E-state index in [-0.39, 0.29) is 11.9 Å². The van der Waals surface area contributed by atoms with E-state index in [1.54, 1.807) is 4.90 Å². The van der Waals surface area contributed by atoms with Gasteiger partial charge in [-0.1, -0.05) is 20.8 Å². The molecule has 2 atom stereocenters. The maximum absolute atomic E-state index is 12.5. The first-order valence-electron chi connectivity index (χ1n) is 7.24. The molecule has 1 fully saturated rings. The summed E-state index contributed by atoms with van der Waals surface area (Å²) < 4.78 is 0. The first-order chi connectivity index (χ1) is 8.97. The van der Waals surface area contributed by atoms with Gasteiger partial charge in [-0.05, 0) is 38.1 Å². The number of carbonyl (C=O) groups is 2. The third-order valence-electron chi connectivity index (χ3n) is 3.53. The van der Waals surface area contributed by atoms with Crippen LogP contribution in [0.3, 0.4) is 0 Å². The highest BCUT2D eigenvalue weighted by Gasteiger charge is 2.35. The van der Waals surface area contributed by atoms with Crippen LogP contribution in [0.1, 0.15) is 46.5 Å². The molecule has 1 rings (SSSR count). The minimum atomic E-state index is -0.882. The molecule has 0 aromatic carbocycles. The number of piperidine rings is 1. The van der Waals surface area contributed by atoms with Crippen molar-refractivity contribution in [1.29, 1.82) is 0 Å². The Hall–Kier alpha value is -1.10. The lowest BCUT2D eigenvalue weighted by Crippen LogP contribution is -2.54. The number of amides is 1. The number of carboxylic acid groups (broad SMARTS) is 1. The fraction of sp³-hybridized carbons (Fsp3) is 0.857. The van der Waals surface area contributed by atoms with Crippen molar-refractivity contribution in [3.05, 3.63) is 0 Å². The predicted octanol–water partition coefficient (Wildman–Crippen LogP) is 1.48. The zero-order valence-corrected chi connectivity index (χ0v) is 12.2. The number of carboxylic acids is 1. The van der Waals surface area contributed by atoms with Crippen LogP contribution in [0.25, 0.3) is 0 Å². The van der Waals surface area contributed by atoms with Crippen LogP contribution in [0.4, 0.5) is 0 Å². The van der Waals surface area contributed by atoms with Gasteiger partial charge in [0.15, 0.2) is 0 Å². The molecule has 1 unspecified atom stereocenters. The van der Waals surface area contributed by atoms with Crippen molar-refractivity contribution in [2.24, 2.45) is 5.92 Å². The summed E-state index contributed by atoms with van der Waals surface area (Å²) >= 11 is 0. The summed E-state index contributed by atoms with van der Waals surface area (Å²) in [7, 11) is 0. The lowest BCUT2D eigenvalue weighted by Gasteiger charge is -2.36. The summed E-state index contributed by atoms with van der Waals surface area (Å²) in [5, 5.41) is 12.4. The lowest BCUT2D eigenvalue weighted by molar-refractivity contribution is -0.153. The molecule has 0 aromatic heterocycles. The van der Waals surface area contributed by atoms with Gasteiger partial charge in [0.1, 0.15) is 6.04 Å². The van der Waals surface area contributed by atoms with E-state index >= 15 is 0 Å². The van der Waals surface area contributed by atoms with Crippen LogP contribution in [0.2, 0.25) is 0 Å². The van der Waals surface area contributed by atoms with Gasteiger partial charge < -0.3 is 15.3 Å². The molecule has 5 nitrogen and oxygen atoms in total. The molecule has 1 amide bonds. The fourth-order valence-corrected chi connectivity index (χ4v) is 2.64. The van der Waals surface area contributed by atoms with Crippen molar-refractivity contribution in [1.82, 2.24) is 10.2 Å². The summed E-state index contributed by atoms with van der Waals surface area (Å²) in [5.41, 5.74) is 0. The van der Waals surface area contributed by atoms with Gasteiger partial charge in [0.2, 0.25) is 5.91 Å². The number of hydrogen-bond donors (Lipinski definition) is 2. The van der Waals surface area contributed by atoms with Crippen molar-refractivity contribution in [3.8, 4) is 0 Å². The van der Waals surface area contributed by atoms with E-state index in [2.05, 4.69) is 19.2 Å². The summed E-state index contributed by atoms with van der Waals surface area (Å²) in [4.78, 5) is 25.4. The van der Waals surface area contributed by atoms with Crippen molar-refractivity contribution < 1.29 is 14.7 Å². The predicted molar refractivity (Wildman–Crippen MR) is 73.9 cm³/mol. The van der Waals surface area contributed by atoms with Crippen molar-refractivity contribution in [2.75, 3.05) is 13.1 Å². The fourth-order valence-electron chi connectivity index (χ4n) is 2.64. The number of likely N-dealkylation sites (N-methyl/N-ethyl adjacent to an activating group) is 1. The Labute approximate surface area is 115 Å². The highest BCUT2D eigenvalue weighted by molar-refractivity contribution is 5.87. The third kappa shape index (κ3) is 4.49. The monoisotopic (exact) mass is 270 g/mol. The van der Waals surface area contributed by atoms with E-state index < -0.39 is 12.0 Å². The van der Waals surface area contributed by atoms with Crippen molar-refractivity contribution in [3.63, 3.8) is 0 Å².